The summed E-state index contributed by atoms with van der Waals surface area (Å²) in [5.74, 6) is -0.763. The Bertz CT molecular complexity index is 882. The number of phenols is 1. The lowest BCUT2D eigenvalue weighted by atomic mass is 9.93. The Balaban J connectivity index is 2.22. The van der Waals surface area contributed by atoms with Crippen LogP contribution in [0, 0.1) is 0 Å². The van der Waals surface area contributed by atoms with E-state index in [1.165, 1.54) is 12.1 Å². The van der Waals surface area contributed by atoms with Crippen LogP contribution in [-0.2, 0) is 6.18 Å². The number of hydrogen-bond donors (Lipinski definition) is 1. The van der Waals surface area contributed by atoms with Gasteiger partial charge in [0.25, 0.3) is 0 Å². The van der Waals surface area contributed by atoms with Crippen LogP contribution in [0.4, 0.5) is 13.2 Å². The number of hydrogen-bond acceptors (Lipinski definition) is 1. The third kappa shape index (κ3) is 3.74. The van der Waals surface area contributed by atoms with Gasteiger partial charge in [0, 0.05) is 5.56 Å². The third-order valence-electron chi connectivity index (χ3n) is 3.83. The standard InChI is InChI=1S/C21H15F3O/c22-21(23,24)19-13-7-12-17(20(19)25)18(16-10-5-2-6-11-16)14-15-8-3-1-4-9-15/h1-14,25H/b18-14+. The average Bonchev–Trinajstić information content (AvgIpc) is 2.61. The predicted molar refractivity (Wildman–Crippen MR) is 93.0 cm³/mol. The summed E-state index contributed by atoms with van der Waals surface area (Å²) in [7, 11) is 0. The van der Waals surface area contributed by atoms with Crippen LogP contribution < -0.4 is 0 Å². The topological polar surface area (TPSA) is 20.2 Å². The van der Waals surface area contributed by atoms with E-state index in [2.05, 4.69) is 0 Å². The van der Waals surface area contributed by atoms with Gasteiger partial charge in [-0.3, -0.25) is 0 Å². The summed E-state index contributed by atoms with van der Waals surface area (Å²) in [5.41, 5.74) is 1.18. The molecule has 0 heterocycles. The number of alkyl halides is 3. The highest BCUT2D eigenvalue weighted by Gasteiger charge is 2.35. The van der Waals surface area contributed by atoms with Crippen molar-refractivity contribution >= 4 is 11.6 Å². The number of phenolic OH excluding ortho intramolecular Hbond substituents is 1. The maximum absolute atomic E-state index is 13.1. The minimum Gasteiger partial charge on any atom is -0.507 e. The van der Waals surface area contributed by atoms with E-state index in [4.69, 9.17) is 0 Å². The zero-order chi connectivity index (χ0) is 17.9. The molecule has 3 aromatic rings. The van der Waals surface area contributed by atoms with E-state index in [1.54, 1.807) is 30.3 Å². The van der Waals surface area contributed by atoms with Gasteiger partial charge < -0.3 is 5.11 Å². The van der Waals surface area contributed by atoms with Gasteiger partial charge in [-0.15, -0.1) is 0 Å². The SMILES string of the molecule is Oc1c(/C(=C/c2ccccc2)c2ccccc2)cccc1C(F)(F)F. The van der Waals surface area contributed by atoms with Crippen molar-refractivity contribution < 1.29 is 18.3 Å². The van der Waals surface area contributed by atoms with Gasteiger partial charge in [-0.05, 0) is 28.8 Å². The Morgan fingerprint density at radius 3 is 1.96 bits per heavy atom. The van der Waals surface area contributed by atoms with Crippen molar-refractivity contribution in [1.29, 1.82) is 0 Å². The molecule has 1 nitrogen and oxygen atoms in total. The lowest BCUT2D eigenvalue weighted by Gasteiger charge is -2.15. The first kappa shape index (κ1) is 16.8. The zero-order valence-electron chi connectivity index (χ0n) is 13.2. The molecule has 0 amide bonds. The number of aromatic hydroxyl groups is 1. The van der Waals surface area contributed by atoms with Crippen molar-refractivity contribution in [3.8, 4) is 5.75 Å². The maximum atomic E-state index is 13.1. The van der Waals surface area contributed by atoms with Crippen LogP contribution in [0.1, 0.15) is 22.3 Å². The molecule has 1 N–H and O–H groups in total. The van der Waals surface area contributed by atoms with Crippen LogP contribution in [0.3, 0.4) is 0 Å². The second-order valence-corrected chi connectivity index (χ2v) is 5.53. The molecule has 4 heteroatoms. The molecule has 126 valence electrons. The van der Waals surface area contributed by atoms with Crippen molar-refractivity contribution in [2.45, 2.75) is 6.18 Å². The molecular formula is C21H15F3O. The molecule has 0 fully saturated rings. The van der Waals surface area contributed by atoms with E-state index < -0.39 is 17.5 Å². The molecular weight excluding hydrogens is 325 g/mol. The molecule has 0 saturated heterocycles. The normalized spacial score (nSPS) is 12.2. The molecule has 0 unspecified atom stereocenters. The van der Waals surface area contributed by atoms with Gasteiger partial charge in [0.2, 0.25) is 0 Å². The number of para-hydroxylation sites is 1. The highest BCUT2D eigenvalue weighted by Crippen LogP contribution is 2.41. The maximum Gasteiger partial charge on any atom is 0.419 e. The van der Waals surface area contributed by atoms with Crippen LogP contribution in [0.5, 0.6) is 5.75 Å². The summed E-state index contributed by atoms with van der Waals surface area (Å²) in [5, 5.41) is 10.3. The Kier molecular flexibility index (Phi) is 4.61. The van der Waals surface area contributed by atoms with E-state index in [1.807, 2.05) is 36.4 Å². The first-order valence-corrected chi connectivity index (χ1v) is 7.68. The molecule has 0 radical (unpaired) electrons. The Labute approximate surface area is 143 Å². The molecule has 3 rings (SSSR count). The van der Waals surface area contributed by atoms with Gasteiger partial charge >= 0.3 is 6.18 Å². The third-order valence-corrected chi connectivity index (χ3v) is 3.83. The zero-order valence-corrected chi connectivity index (χ0v) is 13.2. The van der Waals surface area contributed by atoms with Crippen LogP contribution in [-0.4, -0.2) is 5.11 Å². The van der Waals surface area contributed by atoms with E-state index in [0.717, 1.165) is 17.2 Å². The summed E-state index contributed by atoms with van der Waals surface area (Å²) in [4.78, 5) is 0. The Morgan fingerprint density at radius 2 is 1.36 bits per heavy atom. The van der Waals surface area contributed by atoms with E-state index in [9.17, 15) is 18.3 Å². The smallest absolute Gasteiger partial charge is 0.419 e. The second-order valence-electron chi connectivity index (χ2n) is 5.53. The molecule has 0 aliphatic heterocycles. The largest absolute Gasteiger partial charge is 0.507 e. The van der Waals surface area contributed by atoms with Crippen molar-refractivity contribution in [3.63, 3.8) is 0 Å². The first-order chi connectivity index (χ1) is 12.0. The molecule has 0 aromatic heterocycles. The monoisotopic (exact) mass is 340 g/mol. The van der Waals surface area contributed by atoms with Gasteiger partial charge in [-0.2, -0.15) is 13.2 Å². The summed E-state index contributed by atoms with van der Waals surface area (Å²) >= 11 is 0. The lowest BCUT2D eigenvalue weighted by Crippen LogP contribution is -2.06. The van der Waals surface area contributed by atoms with Crippen LogP contribution in [0.15, 0.2) is 78.9 Å². The fourth-order valence-electron chi connectivity index (χ4n) is 2.64. The minimum atomic E-state index is -4.62. The first-order valence-electron chi connectivity index (χ1n) is 7.68. The van der Waals surface area contributed by atoms with E-state index in [0.29, 0.717) is 5.57 Å². The van der Waals surface area contributed by atoms with Crippen molar-refractivity contribution in [3.05, 3.63) is 101 Å². The fraction of sp³-hybridized carbons (Fsp3) is 0.0476. The molecule has 0 atom stereocenters. The highest BCUT2D eigenvalue weighted by atomic mass is 19.4. The van der Waals surface area contributed by atoms with Gasteiger partial charge in [0.05, 0.1) is 5.56 Å². The van der Waals surface area contributed by atoms with Crippen LogP contribution in [0.2, 0.25) is 0 Å². The molecule has 0 spiro atoms. The lowest BCUT2D eigenvalue weighted by molar-refractivity contribution is -0.138. The van der Waals surface area contributed by atoms with Crippen molar-refractivity contribution in [2.75, 3.05) is 0 Å². The van der Waals surface area contributed by atoms with Crippen molar-refractivity contribution in [1.82, 2.24) is 0 Å². The molecule has 0 aliphatic carbocycles. The van der Waals surface area contributed by atoms with E-state index >= 15 is 0 Å². The molecule has 25 heavy (non-hydrogen) atoms. The minimum absolute atomic E-state index is 0.143. The fourth-order valence-corrected chi connectivity index (χ4v) is 2.64. The average molecular weight is 340 g/mol. The quantitative estimate of drug-likeness (QED) is 0.580. The summed E-state index contributed by atoms with van der Waals surface area (Å²) in [6.07, 6.45) is -2.85. The highest BCUT2D eigenvalue weighted by molar-refractivity contribution is 5.93. The molecule has 3 aromatic carbocycles. The molecule has 0 saturated carbocycles. The second kappa shape index (κ2) is 6.85. The van der Waals surface area contributed by atoms with Gasteiger partial charge in [-0.25, -0.2) is 0 Å². The Hall–Kier alpha value is -3.01. The molecule has 0 bridgehead atoms. The van der Waals surface area contributed by atoms with Gasteiger partial charge in [0.15, 0.2) is 0 Å². The Morgan fingerprint density at radius 1 is 0.760 bits per heavy atom. The predicted octanol–water partition coefficient (Wildman–Crippen LogP) is 6.00. The summed E-state index contributed by atoms with van der Waals surface area (Å²) < 4.78 is 39.4. The van der Waals surface area contributed by atoms with E-state index in [-0.39, 0.29) is 5.56 Å². The van der Waals surface area contributed by atoms with Gasteiger partial charge in [-0.1, -0.05) is 72.8 Å². The summed E-state index contributed by atoms with van der Waals surface area (Å²) in [6, 6.07) is 22.0. The van der Waals surface area contributed by atoms with Gasteiger partial charge in [0.1, 0.15) is 5.75 Å². The molecule has 0 aliphatic rings. The van der Waals surface area contributed by atoms with Crippen LogP contribution >= 0.6 is 0 Å². The number of rotatable bonds is 3. The summed E-state index contributed by atoms with van der Waals surface area (Å²) in [6.45, 7) is 0. The van der Waals surface area contributed by atoms with Crippen LogP contribution in [0.25, 0.3) is 11.6 Å². The number of halogens is 3. The van der Waals surface area contributed by atoms with Crippen molar-refractivity contribution in [2.24, 2.45) is 0 Å². The number of benzene rings is 3.